The van der Waals surface area contributed by atoms with E-state index in [1.165, 1.54) is 22.3 Å². The Morgan fingerprint density at radius 3 is 2.06 bits per heavy atom. The van der Waals surface area contributed by atoms with Crippen molar-refractivity contribution in [2.24, 2.45) is 0 Å². The molecule has 4 heteroatoms. The van der Waals surface area contributed by atoms with Crippen LogP contribution in [0.15, 0.2) is 181 Å². The number of furan rings is 1. The molecule has 0 radical (unpaired) electrons. The molecule has 1 aliphatic rings. The smallest absolute Gasteiger partial charge is 0.140 e. The first-order valence-corrected chi connectivity index (χ1v) is 18.1. The lowest BCUT2D eigenvalue weighted by Crippen LogP contribution is -2.15. The van der Waals surface area contributed by atoms with Gasteiger partial charge in [0, 0.05) is 68.5 Å². The molecule has 9 aromatic rings. The third-order valence-electron chi connectivity index (χ3n) is 10.8. The molecule has 3 heterocycles. The second kappa shape index (κ2) is 12.2. The van der Waals surface area contributed by atoms with Crippen molar-refractivity contribution in [2.45, 2.75) is 19.3 Å². The largest absolute Gasteiger partial charge is 0.456 e. The van der Waals surface area contributed by atoms with E-state index >= 15 is 0 Å². The van der Waals surface area contributed by atoms with Gasteiger partial charge >= 0.3 is 0 Å². The van der Waals surface area contributed by atoms with Gasteiger partial charge in [0.1, 0.15) is 11.2 Å². The molecule has 0 amide bonds. The fourth-order valence-corrected chi connectivity index (χ4v) is 8.31. The molecule has 53 heavy (non-hydrogen) atoms. The maximum Gasteiger partial charge on any atom is 0.140 e. The molecule has 0 saturated carbocycles. The molecule has 0 N–H and O–H groups in total. The van der Waals surface area contributed by atoms with E-state index in [-0.39, 0.29) is 5.41 Å². The van der Waals surface area contributed by atoms with Crippen LogP contribution < -0.4 is 4.90 Å². The molecule has 3 aromatic heterocycles. The first-order valence-electron chi connectivity index (χ1n) is 18.1. The Morgan fingerprint density at radius 2 is 1.26 bits per heavy atom. The van der Waals surface area contributed by atoms with Crippen LogP contribution in [-0.2, 0) is 5.41 Å². The van der Waals surface area contributed by atoms with E-state index in [1.807, 2.05) is 36.8 Å². The fraction of sp³-hybridized carbons (Fsp3) is 0.0612. The van der Waals surface area contributed by atoms with E-state index in [4.69, 9.17) is 4.42 Å². The van der Waals surface area contributed by atoms with E-state index in [1.54, 1.807) is 0 Å². The van der Waals surface area contributed by atoms with Crippen LogP contribution in [0.4, 0.5) is 17.1 Å². The number of rotatable bonds is 6. The zero-order valence-corrected chi connectivity index (χ0v) is 29.5. The van der Waals surface area contributed by atoms with Gasteiger partial charge in [-0.3, -0.25) is 9.97 Å². The molecule has 0 atom stereocenters. The van der Waals surface area contributed by atoms with Crippen molar-refractivity contribution in [3.05, 3.63) is 187 Å². The zero-order chi connectivity index (χ0) is 35.5. The summed E-state index contributed by atoms with van der Waals surface area (Å²) in [7, 11) is 0. The van der Waals surface area contributed by atoms with Gasteiger partial charge < -0.3 is 9.32 Å². The standard InChI is InChI=1S/C49H35N3O/c1-49(2)43-18-4-3-16-40(43)41-25-26-42-46-39(17-9-20-45(46)53-48(42)47(41)49)32-21-23-36(24-22-32)52(37-14-7-11-33(29-37)35-13-10-27-50-31-35)38-15-8-12-34(30-38)44-19-5-6-28-51-44/h3-31H,1-2H3. The Labute approximate surface area is 308 Å². The Kier molecular flexibility index (Phi) is 7.12. The minimum atomic E-state index is -0.160. The topological polar surface area (TPSA) is 42.2 Å². The Hall–Kier alpha value is -6.78. The van der Waals surface area contributed by atoms with Crippen molar-refractivity contribution in [3.8, 4) is 44.6 Å². The van der Waals surface area contributed by atoms with Gasteiger partial charge in [0.15, 0.2) is 0 Å². The van der Waals surface area contributed by atoms with Crippen LogP contribution >= 0.6 is 0 Å². The lowest BCUT2D eigenvalue weighted by Gasteiger charge is -2.26. The molecule has 4 nitrogen and oxygen atoms in total. The molecule has 0 unspecified atom stereocenters. The molecule has 0 bridgehead atoms. The first-order chi connectivity index (χ1) is 26.0. The van der Waals surface area contributed by atoms with Crippen LogP contribution in [0.1, 0.15) is 25.0 Å². The molecule has 1 aliphatic carbocycles. The third kappa shape index (κ3) is 5.06. The van der Waals surface area contributed by atoms with Crippen LogP contribution in [0.3, 0.4) is 0 Å². The molecule has 10 rings (SSSR count). The van der Waals surface area contributed by atoms with Gasteiger partial charge in [0.25, 0.3) is 0 Å². The predicted octanol–water partition coefficient (Wildman–Crippen LogP) is 13.2. The molecular formula is C49H35N3O. The molecule has 0 spiro atoms. The van der Waals surface area contributed by atoms with Crippen LogP contribution in [0.5, 0.6) is 0 Å². The highest BCUT2D eigenvalue weighted by Gasteiger charge is 2.38. The second-order valence-electron chi connectivity index (χ2n) is 14.3. The average Bonchev–Trinajstić information content (AvgIpc) is 3.71. The summed E-state index contributed by atoms with van der Waals surface area (Å²) in [4.78, 5) is 11.3. The fourth-order valence-electron chi connectivity index (χ4n) is 8.31. The number of hydrogen-bond donors (Lipinski definition) is 0. The molecule has 0 saturated heterocycles. The normalized spacial score (nSPS) is 12.9. The van der Waals surface area contributed by atoms with Crippen molar-refractivity contribution in [2.75, 3.05) is 4.90 Å². The highest BCUT2D eigenvalue weighted by Crippen LogP contribution is 2.53. The Morgan fingerprint density at radius 1 is 0.528 bits per heavy atom. The van der Waals surface area contributed by atoms with E-state index in [0.29, 0.717) is 0 Å². The number of pyridine rings is 2. The van der Waals surface area contributed by atoms with E-state index in [0.717, 1.165) is 72.5 Å². The molecule has 0 fully saturated rings. The lowest BCUT2D eigenvalue weighted by molar-refractivity contribution is 0.620. The summed E-state index contributed by atoms with van der Waals surface area (Å²) in [6.45, 7) is 4.63. The molecular weight excluding hydrogens is 647 g/mol. The summed E-state index contributed by atoms with van der Waals surface area (Å²) in [5.74, 6) is 0. The Bertz CT molecular complexity index is 2720. The van der Waals surface area contributed by atoms with Crippen LogP contribution in [0.25, 0.3) is 66.6 Å². The van der Waals surface area contributed by atoms with Gasteiger partial charge in [-0.15, -0.1) is 0 Å². The summed E-state index contributed by atoms with van der Waals surface area (Å²) in [6.07, 6.45) is 5.56. The van der Waals surface area contributed by atoms with Crippen molar-refractivity contribution in [3.63, 3.8) is 0 Å². The van der Waals surface area contributed by atoms with Crippen molar-refractivity contribution < 1.29 is 4.42 Å². The molecule has 252 valence electrons. The maximum atomic E-state index is 6.78. The van der Waals surface area contributed by atoms with Gasteiger partial charge in [-0.25, -0.2) is 0 Å². The number of aromatic nitrogens is 2. The second-order valence-corrected chi connectivity index (χ2v) is 14.3. The number of benzene rings is 6. The van der Waals surface area contributed by atoms with Gasteiger partial charge in [0.05, 0.1) is 5.69 Å². The zero-order valence-electron chi connectivity index (χ0n) is 29.5. The maximum absolute atomic E-state index is 6.78. The molecule has 0 aliphatic heterocycles. The number of hydrogen-bond acceptors (Lipinski definition) is 4. The number of fused-ring (bicyclic) bond motifs is 7. The summed E-state index contributed by atoms with van der Waals surface area (Å²) >= 11 is 0. The third-order valence-corrected chi connectivity index (χ3v) is 10.8. The van der Waals surface area contributed by atoms with Gasteiger partial charge in [-0.1, -0.05) is 105 Å². The summed E-state index contributed by atoms with van der Waals surface area (Å²) < 4.78 is 6.78. The highest BCUT2D eigenvalue weighted by atomic mass is 16.3. The number of nitrogens with zero attached hydrogens (tertiary/aromatic N) is 3. The van der Waals surface area contributed by atoms with Crippen molar-refractivity contribution in [1.29, 1.82) is 0 Å². The van der Waals surface area contributed by atoms with E-state index < -0.39 is 0 Å². The van der Waals surface area contributed by atoms with Gasteiger partial charge in [-0.05, 0) is 100 Å². The minimum absolute atomic E-state index is 0.160. The van der Waals surface area contributed by atoms with Crippen LogP contribution in [-0.4, -0.2) is 9.97 Å². The monoisotopic (exact) mass is 681 g/mol. The minimum Gasteiger partial charge on any atom is -0.456 e. The summed E-state index contributed by atoms with van der Waals surface area (Å²) in [6, 6.07) is 56.0. The van der Waals surface area contributed by atoms with E-state index in [2.05, 4.69) is 168 Å². The summed E-state index contributed by atoms with van der Waals surface area (Å²) in [5, 5.41) is 2.30. The van der Waals surface area contributed by atoms with Crippen LogP contribution in [0, 0.1) is 0 Å². The SMILES string of the molecule is CC1(C)c2ccccc2-c2ccc3c(oc4cccc(-c5ccc(N(c6cccc(-c7cccnc7)c6)c6cccc(-c7ccccn7)c6)cc5)c43)c21. The first kappa shape index (κ1) is 31.0. The predicted molar refractivity (Wildman–Crippen MR) is 218 cm³/mol. The van der Waals surface area contributed by atoms with Gasteiger partial charge in [0.2, 0.25) is 0 Å². The Balaban J connectivity index is 1.10. The van der Waals surface area contributed by atoms with Crippen molar-refractivity contribution in [1.82, 2.24) is 9.97 Å². The van der Waals surface area contributed by atoms with E-state index in [9.17, 15) is 0 Å². The lowest BCUT2D eigenvalue weighted by atomic mass is 9.81. The molecule has 6 aromatic carbocycles. The van der Waals surface area contributed by atoms with Crippen LogP contribution in [0.2, 0.25) is 0 Å². The summed E-state index contributed by atoms with van der Waals surface area (Å²) in [5.41, 5.74) is 16.5. The quantitative estimate of drug-likeness (QED) is 0.175. The highest BCUT2D eigenvalue weighted by molar-refractivity contribution is 6.15. The average molecular weight is 682 g/mol. The number of anilines is 3. The van der Waals surface area contributed by atoms with Gasteiger partial charge in [-0.2, -0.15) is 0 Å². The van der Waals surface area contributed by atoms with Crippen molar-refractivity contribution >= 4 is 39.0 Å².